The zero-order valence-corrected chi connectivity index (χ0v) is 11.5. The van der Waals surface area contributed by atoms with Crippen LogP contribution in [0.15, 0.2) is 12.3 Å². The highest BCUT2D eigenvalue weighted by Crippen LogP contribution is 2.22. The quantitative estimate of drug-likeness (QED) is 0.871. The van der Waals surface area contributed by atoms with Crippen molar-refractivity contribution in [1.29, 1.82) is 0 Å². The lowest BCUT2D eigenvalue weighted by Gasteiger charge is -2.15. The molecule has 0 aliphatic carbocycles. The van der Waals surface area contributed by atoms with Crippen LogP contribution in [-0.4, -0.2) is 17.7 Å². The van der Waals surface area contributed by atoms with Crippen molar-refractivity contribution in [3.05, 3.63) is 29.1 Å². The molecule has 1 saturated heterocycles. The summed E-state index contributed by atoms with van der Waals surface area (Å²) in [4.78, 5) is 4.47. The fraction of sp³-hybridized carbons (Fsp3) is 0.667. The summed E-state index contributed by atoms with van der Waals surface area (Å²) in [6.07, 6.45) is 8.08. The summed E-state index contributed by atoms with van der Waals surface area (Å²) < 4.78 is 5.62. The molecule has 2 unspecified atom stereocenters. The van der Waals surface area contributed by atoms with Gasteiger partial charge in [-0.15, -0.1) is 0 Å². The molecule has 0 spiro atoms. The number of nitrogens with zero attached hydrogens (tertiary/aromatic N) is 1. The summed E-state index contributed by atoms with van der Waals surface area (Å²) in [5.41, 5.74) is 9.68. The number of aromatic nitrogens is 1. The van der Waals surface area contributed by atoms with Crippen LogP contribution in [0, 0.1) is 13.8 Å². The van der Waals surface area contributed by atoms with Gasteiger partial charge < -0.3 is 10.5 Å². The number of aryl methyl sites for hydroxylation is 2. The van der Waals surface area contributed by atoms with Crippen LogP contribution in [0.4, 0.5) is 0 Å². The molecule has 1 aliphatic heterocycles. The highest BCUT2D eigenvalue weighted by Gasteiger charge is 2.16. The maximum atomic E-state index is 6.23. The fourth-order valence-corrected chi connectivity index (χ4v) is 2.69. The summed E-state index contributed by atoms with van der Waals surface area (Å²) in [6, 6.07) is 2.22. The first-order valence-electron chi connectivity index (χ1n) is 6.97. The van der Waals surface area contributed by atoms with Crippen LogP contribution in [0.1, 0.15) is 55.0 Å². The van der Waals surface area contributed by atoms with Crippen LogP contribution in [0.5, 0.6) is 0 Å². The Hall–Kier alpha value is -0.930. The van der Waals surface area contributed by atoms with Crippen LogP contribution >= 0.6 is 0 Å². The molecule has 2 atom stereocenters. The van der Waals surface area contributed by atoms with Gasteiger partial charge in [0, 0.05) is 18.8 Å². The first-order chi connectivity index (χ1) is 8.66. The van der Waals surface area contributed by atoms with Gasteiger partial charge in [-0.1, -0.05) is 6.07 Å². The highest BCUT2D eigenvalue weighted by atomic mass is 16.5. The molecular weight excluding hydrogens is 224 g/mol. The lowest BCUT2D eigenvalue weighted by atomic mass is 10.0. The molecule has 1 aliphatic rings. The minimum absolute atomic E-state index is 0.0620. The molecule has 0 bridgehead atoms. The van der Waals surface area contributed by atoms with Gasteiger partial charge in [0.25, 0.3) is 0 Å². The first-order valence-corrected chi connectivity index (χ1v) is 6.97. The van der Waals surface area contributed by atoms with E-state index in [2.05, 4.69) is 24.9 Å². The van der Waals surface area contributed by atoms with Crippen molar-refractivity contribution in [2.45, 2.75) is 58.1 Å². The van der Waals surface area contributed by atoms with E-state index >= 15 is 0 Å². The second-order valence-corrected chi connectivity index (χ2v) is 5.39. The van der Waals surface area contributed by atoms with Gasteiger partial charge in [0.15, 0.2) is 0 Å². The van der Waals surface area contributed by atoms with Crippen LogP contribution < -0.4 is 5.73 Å². The van der Waals surface area contributed by atoms with Gasteiger partial charge in [0.2, 0.25) is 0 Å². The van der Waals surface area contributed by atoms with E-state index in [-0.39, 0.29) is 6.04 Å². The summed E-state index contributed by atoms with van der Waals surface area (Å²) in [7, 11) is 0. The monoisotopic (exact) mass is 248 g/mol. The van der Waals surface area contributed by atoms with Crippen molar-refractivity contribution in [1.82, 2.24) is 4.98 Å². The van der Waals surface area contributed by atoms with E-state index in [0.29, 0.717) is 6.10 Å². The molecule has 18 heavy (non-hydrogen) atoms. The zero-order chi connectivity index (χ0) is 13.0. The maximum Gasteiger partial charge on any atom is 0.0600 e. The number of nitrogens with two attached hydrogens (primary N) is 1. The molecule has 3 nitrogen and oxygen atoms in total. The number of rotatable bonds is 5. The molecule has 0 saturated carbocycles. The van der Waals surface area contributed by atoms with Crippen molar-refractivity contribution in [3.63, 3.8) is 0 Å². The van der Waals surface area contributed by atoms with Crippen molar-refractivity contribution < 1.29 is 4.74 Å². The van der Waals surface area contributed by atoms with Crippen LogP contribution in [0.3, 0.4) is 0 Å². The fourth-order valence-electron chi connectivity index (χ4n) is 2.69. The Bertz CT molecular complexity index is 386. The van der Waals surface area contributed by atoms with Gasteiger partial charge in [-0.05, 0) is 57.1 Å². The molecule has 1 aromatic rings. The van der Waals surface area contributed by atoms with E-state index in [1.807, 2.05) is 6.20 Å². The molecular formula is C15H24N2O. The summed E-state index contributed by atoms with van der Waals surface area (Å²) >= 11 is 0. The largest absolute Gasteiger partial charge is 0.378 e. The third-order valence-electron chi connectivity index (χ3n) is 3.67. The number of hydrogen-bond donors (Lipinski definition) is 1. The van der Waals surface area contributed by atoms with Crippen molar-refractivity contribution in [2.75, 3.05) is 6.61 Å². The SMILES string of the molecule is Cc1cnc(C(N)CCCC2CCCO2)c(C)c1. The number of pyridine rings is 1. The topological polar surface area (TPSA) is 48.1 Å². The zero-order valence-electron chi connectivity index (χ0n) is 11.5. The Kier molecular flexibility index (Phi) is 4.72. The molecule has 3 heteroatoms. The number of ether oxygens (including phenoxy) is 1. The Labute approximate surface area is 110 Å². The Morgan fingerprint density at radius 3 is 3.00 bits per heavy atom. The minimum atomic E-state index is 0.0620. The highest BCUT2D eigenvalue weighted by molar-refractivity contribution is 5.25. The van der Waals surface area contributed by atoms with E-state index in [1.165, 1.54) is 24.0 Å². The Morgan fingerprint density at radius 1 is 1.50 bits per heavy atom. The van der Waals surface area contributed by atoms with E-state index in [0.717, 1.165) is 31.6 Å². The summed E-state index contributed by atoms with van der Waals surface area (Å²) in [5, 5.41) is 0. The predicted octanol–water partition coefficient (Wildman–Crippen LogP) is 3.05. The predicted molar refractivity (Wildman–Crippen MR) is 73.5 cm³/mol. The van der Waals surface area contributed by atoms with Crippen LogP contribution in [0.25, 0.3) is 0 Å². The molecule has 0 aromatic carbocycles. The molecule has 1 fully saturated rings. The van der Waals surface area contributed by atoms with Crippen molar-refractivity contribution in [2.24, 2.45) is 5.73 Å². The van der Waals surface area contributed by atoms with E-state index in [9.17, 15) is 0 Å². The van der Waals surface area contributed by atoms with Gasteiger partial charge >= 0.3 is 0 Å². The normalized spacial score (nSPS) is 21.2. The second kappa shape index (κ2) is 6.30. The molecule has 0 amide bonds. The molecule has 0 radical (unpaired) electrons. The lowest BCUT2D eigenvalue weighted by molar-refractivity contribution is 0.101. The van der Waals surface area contributed by atoms with E-state index < -0.39 is 0 Å². The molecule has 1 aromatic heterocycles. The van der Waals surface area contributed by atoms with Gasteiger partial charge in [0.05, 0.1) is 11.8 Å². The van der Waals surface area contributed by atoms with Crippen molar-refractivity contribution >= 4 is 0 Å². The van der Waals surface area contributed by atoms with Gasteiger partial charge in [-0.3, -0.25) is 4.98 Å². The van der Waals surface area contributed by atoms with E-state index in [1.54, 1.807) is 0 Å². The number of hydrogen-bond acceptors (Lipinski definition) is 3. The second-order valence-electron chi connectivity index (χ2n) is 5.39. The Morgan fingerprint density at radius 2 is 2.33 bits per heavy atom. The minimum Gasteiger partial charge on any atom is -0.378 e. The standard InChI is InChI=1S/C15H24N2O/c1-11-9-12(2)15(17-10-11)14(16)7-3-5-13-6-4-8-18-13/h9-10,13-14H,3-8,16H2,1-2H3. The summed E-state index contributed by atoms with van der Waals surface area (Å²) in [5.74, 6) is 0. The first kappa shape index (κ1) is 13.5. The molecule has 2 rings (SSSR count). The van der Waals surface area contributed by atoms with E-state index in [4.69, 9.17) is 10.5 Å². The van der Waals surface area contributed by atoms with Crippen molar-refractivity contribution in [3.8, 4) is 0 Å². The lowest BCUT2D eigenvalue weighted by Crippen LogP contribution is -2.15. The average Bonchev–Trinajstić information content (AvgIpc) is 2.81. The van der Waals surface area contributed by atoms with Crippen LogP contribution in [0.2, 0.25) is 0 Å². The average molecular weight is 248 g/mol. The molecule has 100 valence electrons. The van der Waals surface area contributed by atoms with Crippen LogP contribution in [-0.2, 0) is 4.74 Å². The maximum absolute atomic E-state index is 6.23. The molecule has 2 N–H and O–H groups in total. The van der Waals surface area contributed by atoms with Gasteiger partial charge in [0.1, 0.15) is 0 Å². The van der Waals surface area contributed by atoms with Gasteiger partial charge in [-0.25, -0.2) is 0 Å². The third kappa shape index (κ3) is 3.53. The summed E-state index contributed by atoms with van der Waals surface area (Å²) in [6.45, 7) is 5.09. The molecule has 2 heterocycles. The smallest absolute Gasteiger partial charge is 0.0600 e. The van der Waals surface area contributed by atoms with Gasteiger partial charge in [-0.2, -0.15) is 0 Å². The Balaban J connectivity index is 1.81. The third-order valence-corrected chi connectivity index (χ3v) is 3.67.